The first-order valence-electron chi connectivity index (χ1n) is 4.78. The Morgan fingerprint density at radius 2 is 2.12 bits per heavy atom. The lowest BCUT2D eigenvalue weighted by Crippen LogP contribution is -2.09. The highest BCUT2D eigenvalue weighted by Crippen LogP contribution is 2.19. The number of allylic oxidation sites excluding steroid dienone is 1. The van der Waals surface area contributed by atoms with E-state index < -0.39 is 5.97 Å². The number of rotatable bonds is 6. The number of carbonyl (C=O) groups excluding carboxylic acids is 1. The molecule has 0 aliphatic carbocycles. The van der Waals surface area contributed by atoms with Gasteiger partial charge in [-0.1, -0.05) is 30.4 Å². The molecule has 0 saturated heterocycles. The van der Waals surface area contributed by atoms with E-state index in [9.17, 15) is 9.59 Å². The molecule has 84 valence electrons. The van der Waals surface area contributed by atoms with Crippen LogP contribution in [0.5, 0.6) is 5.75 Å². The van der Waals surface area contributed by atoms with Gasteiger partial charge >= 0.3 is 5.97 Å². The molecule has 1 N–H and O–H groups in total. The lowest BCUT2D eigenvalue weighted by atomic mass is 10.2. The average molecular weight is 220 g/mol. The molecule has 1 aromatic rings. The number of aliphatic carboxylic acids is 1. The first-order valence-corrected chi connectivity index (χ1v) is 4.78. The number of benzene rings is 1. The first kappa shape index (κ1) is 12.0. The predicted octanol–water partition coefficient (Wildman–Crippen LogP) is 1.75. The summed E-state index contributed by atoms with van der Waals surface area (Å²) in [4.78, 5) is 20.5. The Morgan fingerprint density at radius 3 is 2.81 bits per heavy atom. The fourth-order valence-corrected chi connectivity index (χ4v) is 1.14. The van der Waals surface area contributed by atoms with Crippen LogP contribution in [0, 0.1) is 0 Å². The lowest BCUT2D eigenvalue weighted by Gasteiger charge is -2.06. The van der Waals surface area contributed by atoms with E-state index in [1.807, 2.05) is 6.07 Å². The summed E-state index contributed by atoms with van der Waals surface area (Å²) in [5.74, 6) is -0.529. The molecule has 0 fully saturated rings. The molecule has 1 aromatic carbocycles. The molecular weight excluding hydrogens is 208 g/mol. The lowest BCUT2D eigenvalue weighted by molar-refractivity contribution is -0.139. The van der Waals surface area contributed by atoms with Gasteiger partial charge in [-0.05, 0) is 6.07 Å². The van der Waals surface area contributed by atoms with E-state index in [0.29, 0.717) is 12.2 Å². The Balaban J connectivity index is 2.74. The van der Waals surface area contributed by atoms with E-state index in [0.717, 1.165) is 11.8 Å². The number of aldehydes is 1. The highest BCUT2D eigenvalue weighted by molar-refractivity contribution is 5.69. The molecule has 0 amide bonds. The van der Waals surface area contributed by atoms with Crippen molar-refractivity contribution in [3.05, 3.63) is 35.9 Å². The molecule has 0 bridgehead atoms. The summed E-state index contributed by atoms with van der Waals surface area (Å²) in [6, 6.07) is 7.05. The van der Waals surface area contributed by atoms with Gasteiger partial charge in [0, 0.05) is 12.0 Å². The largest absolute Gasteiger partial charge is 0.481 e. The quantitative estimate of drug-likeness (QED) is 0.742. The summed E-state index contributed by atoms with van der Waals surface area (Å²) in [5.41, 5.74) is 0.755. The van der Waals surface area contributed by atoms with Crippen LogP contribution in [0.1, 0.15) is 12.0 Å². The third-order valence-electron chi connectivity index (χ3n) is 1.80. The van der Waals surface area contributed by atoms with Gasteiger partial charge in [-0.2, -0.15) is 0 Å². The van der Waals surface area contributed by atoms with Gasteiger partial charge in [-0.25, -0.2) is 4.79 Å². The zero-order chi connectivity index (χ0) is 11.8. The minimum absolute atomic E-state index is 0.327. The van der Waals surface area contributed by atoms with E-state index >= 15 is 0 Å². The third kappa shape index (κ3) is 3.96. The van der Waals surface area contributed by atoms with E-state index in [4.69, 9.17) is 9.84 Å². The SMILES string of the molecule is O=CCC=Cc1ccccc1OCC(=O)O. The van der Waals surface area contributed by atoms with E-state index in [1.165, 1.54) is 0 Å². The topological polar surface area (TPSA) is 63.6 Å². The highest BCUT2D eigenvalue weighted by Gasteiger charge is 2.02. The summed E-state index contributed by atoms with van der Waals surface area (Å²) in [6.45, 7) is -0.376. The number of carbonyl (C=O) groups is 2. The Morgan fingerprint density at radius 1 is 1.38 bits per heavy atom. The van der Waals surface area contributed by atoms with Crippen molar-refractivity contribution in [1.82, 2.24) is 0 Å². The fraction of sp³-hybridized carbons (Fsp3) is 0.167. The van der Waals surface area contributed by atoms with Gasteiger partial charge in [0.25, 0.3) is 0 Å². The summed E-state index contributed by atoms with van der Waals surface area (Å²) in [6.07, 6.45) is 4.53. The first-order chi connectivity index (χ1) is 7.74. The van der Waals surface area contributed by atoms with Crippen molar-refractivity contribution in [2.45, 2.75) is 6.42 Å². The molecule has 4 nitrogen and oxygen atoms in total. The molecule has 0 aromatic heterocycles. The van der Waals surface area contributed by atoms with E-state index in [-0.39, 0.29) is 6.61 Å². The van der Waals surface area contributed by atoms with Crippen LogP contribution in [0.2, 0.25) is 0 Å². The van der Waals surface area contributed by atoms with Crippen LogP contribution in [0.3, 0.4) is 0 Å². The smallest absolute Gasteiger partial charge is 0.341 e. The Kier molecular flexibility index (Phi) is 4.79. The molecule has 0 spiro atoms. The maximum Gasteiger partial charge on any atom is 0.341 e. The van der Waals surface area contributed by atoms with Crippen LogP contribution in [-0.4, -0.2) is 24.0 Å². The van der Waals surface area contributed by atoms with Crippen molar-refractivity contribution >= 4 is 18.3 Å². The monoisotopic (exact) mass is 220 g/mol. The van der Waals surface area contributed by atoms with Crippen LogP contribution < -0.4 is 4.74 Å². The minimum atomic E-state index is -1.02. The number of para-hydroxylation sites is 1. The Labute approximate surface area is 93.2 Å². The van der Waals surface area contributed by atoms with Gasteiger partial charge in [0.15, 0.2) is 6.61 Å². The van der Waals surface area contributed by atoms with Crippen molar-refractivity contribution in [1.29, 1.82) is 0 Å². The fourth-order valence-electron chi connectivity index (χ4n) is 1.14. The van der Waals surface area contributed by atoms with Crippen LogP contribution >= 0.6 is 0 Å². The van der Waals surface area contributed by atoms with Gasteiger partial charge in [0.2, 0.25) is 0 Å². The summed E-state index contributed by atoms with van der Waals surface area (Å²) >= 11 is 0. The summed E-state index contributed by atoms with van der Waals surface area (Å²) in [7, 11) is 0. The molecule has 0 heterocycles. The number of carboxylic acid groups (broad SMARTS) is 1. The molecule has 0 aliphatic rings. The average Bonchev–Trinajstić information content (AvgIpc) is 2.28. The van der Waals surface area contributed by atoms with Gasteiger partial charge < -0.3 is 14.6 Å². The normalized spacial score (nSPS) is 10.2. The van der Waals surface area contributed by atoms with Crippen LogP contribution in [-0.2, 0) is 9.59 Å². The van der Waals surface area contributed by atoms with Gasteiger partial charge in [0.1, 0.15) is 12.0 Å². The molecule has 0 radical (unpaired) electrons. The molecule has 0 atom stereocenters. The molecule has 0 aliphatic heterocycles. The van der Waals surface area contributed by atoms with Crippen LogP contribution in [0.25, 0.3) is 6.08 Å². The second kappa shape index (κ2) is 6.40. The zero-order valence-corrected chi connectivity index (χ0v) is 8.63. The number of ether oxygens (including phenoxy) is 1. The zero-order valence-electron chi connectivity index (χ0n) is 8.63. The Hall–Kier alpha value is -2.10. The maximum atomic E-state index is 10.4. The van der Waals surface area contributed by atoms with Gasteiger partial charge in [-0.15, -0.1) is 0 Å². The van der Waals surface area contributed by atoms with Crippen molar-refractivity contribution in [2.75, 3.05) is 6.61 Å². The second-order valence-electron chi connectivity index (χ2n) is 3.02. The number of hydrogen-bond acceptors (Lipinski definition) is 3. The molecular formula is C12H12O4. The van der Waals surface area contributed by atoms with E-state index in [2.05, 4.69) is 0 Å². The number of carboxylic acids is 1. The van der Waals surface area contributed by atoms with Crippen molar-refractivity contribution in [3.63, 3.8) is 0 Å². The predicted molar refractivity (Wildman–Crippen MR) is 59.3 cm³/mol. The Bertz CT molecular complexity index is 396. The van der Waals surface area contributed by atoms with Gasteiger partial charge in [-0.3, -0.25) is 0 Å². The standard InChI is InChI=1S/C12H12O4/c13-8-4-3-6-10-5-1-2-7-11(10)16-9-12(14)15/h1-3,5-8H,4,9H2,(H,14,15). The van der Waals surface area contributed by atoms with Crippen LogP contribution in [0.4, 0.5) is 0 Å². The molecule has 1 rings (SSSR count). The van der Waals surface area contributed by atoms with Crippen molar-refractivity contribution in [2.24, 2.45) is 0 Å². The summed E-state index contributed by atoms with van der Waals surface area (Å²) in [5, 5.41) is 8.49. The highest BCUT2D eigenvalue weighted by atomic mass is 16.5. The molecule has 16 heavy (non-hydrogen) atoms. The van der Waals surface area contributed by atoms with Gasteiger partial charge in [0.05, 0.1) is 0 Å². The molecule has 0 unspecified atom stereocenters. The van der Waals surface area contributed by atoms with Crippen LogP contribution in [0.15, 0.2) is 30.3 Å². The number of hydrogen-bond donors (Lipinski definition) is 1. The minimum Gasteiger partial charge on any atom is -0.481 e. The van der Waals surface area contributed by atoms with Crippen molar-refractivity contribution in [3.8, 4) is 5.75 Å². The maximum absolute atomic E-state index is 10.4. The molecule has 4 heteroatoms. The summed E-state index contributed by atoms with van der Waals surface area (Å²) < 4.78 is 5.09. The van der Waals surface area contributed by atoms with E-state index in [1.54, 1.807) is 30.4 Å². The molecule has 0 saturated carbocycles. The third-order valence-corrected chi connectivity index (χ3v) is 1.80. The second-order valence-corrected chi connectivity index (χ2v) is 3.02. The van der Waals surface area contributed by atoms with Crippen molar-refractivity contribution < 1.29 is 19.4 Å².